The number of aromatic nitrogens is 2. The van der Waals surface area contributed by atoms with Crippen molar-refractivity contribution in [2.75, 3.05) is 12.4 Å². The topological polar surface area (TPSA) is 101 Å². The Morgan fingerprint density at radius 2 is 2.04 bits per heavy atom. The van der Waals surface area contributed by atoms with Crippen LogP contribution >= 0.6 is 11.3 Å². The van der Waals surface area contributed by atoms with Gasteiger partial charge in [0.25, 0.3) is 5.91 Å². The Morgan fingerprint density at radius 1 is 1.30 bits per heavy atom. The van der Waals surface area contributed by atoms with Crippen molar-refractivity contribution in [2.45, 2.75) is 30.6 Å². The van der Waals surface area contributed by atoms with Crippen LogP contribution in [0, 0.1) is 6.92 Å². The Hall–Kier alpha value is -1.84. The molecule has 0 spiro atoms. The van der Waals surface area contributed by atoms with Crippen LogP contribution in [0.1, 0.15) is 39.7 Å². The standard InChI is InChI=1S/C14H16N4O3S2/c1-8-3-6-10(23(20,21)15-2)7-11(8)12(19)16-14-18-17-13(22-14)9-4-5-9/h3,6-7,9,15H,4-5H2,1-2H3,(H,16,18,19). The normalized spacial score (nSPS) is 14.7. The molecule has 1 aromatic heterocycles. The summed E-state index contributed by atoms with van der Waals surface area (Å²) in [6, 6.07) is 4.43. The van der Waals surface area contributed by atoms with Crippen molar-refractivity contribution in [3.8, 4) is 0 Å². The minimum Gasteiger partial charge on any atom is -0.296 e. The number of sulfonamides is 1. The molecule has 1 heterocycles. The largest absolute Gasteiger partial charge is 0.296 e. The molecule has 0 aliphatic heterocycles. The molecule has 23 heavy (non-hydrogen) atoms. The van der Waals surface area contributed by atoms with Crippen molar-refractivity contribution < 1.29 is 13.2 Å². The lowest BCUT2D eigenvalue weighted by atomic mass is 10.1. The fraction of sp³-hybridized carbons (Fsp3) is 0.357. The summed E-state index contributed by atoms with van der Waals surface area (Å²) in [7, 11) is -2.27. The van der Waals surface area contributed by atoms with Gasteiger partial charge < -0.3 is 0 Å². The van der Waals surface area contributed by atoms with Gasteiger partial charge in [0.1, 0.15) is 5.01 Å². The Morgan fingerprint density at radius 3 is 2.70 bits per heavy atom. The molecule has 1 aliphatic carbocycles. The van der Waals surface area contributed by atoms with Crippen LogP contribution in [-0.4, -0.2) is 31.6 Å². The minimum atomic E-state index is -3.60. The molecule has 0 saturated heterocycles. The van der Waals surface area contributed by atoms with E-state index in [1.54, 1.807) is 13.0 Å². The third-order valence-electron chi connectivity index (χ3n) is 3.62. The number of nitrogens with zero attached hydrogens (tertiary/aromatic N) is 2. The highest BCUT2D eigenvalue weighted by atomic mass is 32.2. The molecule has 0 atom stereocenters. The van der Waals surface area contributed by atoms with E-state index in [0.717, 1.165) is 17.8 Å². The van der Waals surface area contributed by atoms with E-state index in [1.165, 1.54) is 30.5 Å². The van der Waals surface area contributed by atoms with Crippen LogP contribution in [0.5, 0.6) is 0 Å². The molecule has 7 nitrogen and oxygen atoms in total. The van der Waals surface area contributed by atoms with Gasteiger partial charge >= 0.3 is 0 Å². The molecule has 122 valence electrons. The van der Waals surface area contributed by atoms with E-state index >= 15 is 0 Å². The van der Waals surface area contributed by atoms with Crippen LogP contribution in [0.2, 0.25) is 0 Å². The van der Waals surface area contributed by atoms with E-state index in [2.05, 4.69) is 20.2 Å². The molecule has 0 bridgehead atoms. The van der Waals surface area contributed by atoms with Gasteiger partial charge in [0.05, 0.1) is 4.90 Å². The average Bonchev–Trinajstić information content (AvgIpc) is 3.27. The van der Waals surface area contributed by atoms with E-state index < -0.39 is 15.9 Å². The second-order valence-corrected chi connectivity index (χ2v) is 8.25. The first-order chi connectivity index (χ1) is 10.9. The number of benzene rings is 1. The second-order valence-electron chi connectivity index (χ2n) is 5.36. The summed E-state index contributed by atoms with van der Waals surface area (Å²) in [5.41, 5.74) is 0.981. The van der Waals surface area contributed by atoms with Crippen molar-refractivity contribution in [2.24, 2.45) is 0 Å². The number of aryl methyl sites for hydroxylation is 1. The molecule has 3 rings (SSSR count). The molecule has 1 saturated carbocycles. The van der Waals surface area contributed by atoms with Gasteiger partial charge in [-0.05, 0) is 44.5 Å². The zero-order valence-electron chi connectivity index (χ0n) is 12.7. The lowest BCUT2D eigenvalue weighted by molar-refractivity contribution is 0.102. The Labute approximate surface area is 138 Å². The lowest BCUT2D eigenvalue weighted by Gasteiger charge is -2.08. The van der Waals surface area contributed by atoms with Gasteiger partial charge in [-0.1, -0.05) is 17.4 Å². The van der Waals surface area contributed by atoms with Crippen molar-refractivity contribution in [1.82, 2.24) is 14.9 Å². The molecule has 0 unspecified atom stereocenters. The highest BCUT2D eigenvalue weighted by Gasteiger charge is 2.28. The maximum Gasteiger partial charge on any atom is 0.257 e. The zero-order chi connectivity index (χ0) is 16.6. The molecule has 0 radical (unpaired) electrons. The van der Waals surface area contributed by atoms with Crippen LogP contribution in [-0.2, 0) is 10.0 Å². The average molecular weight is 352 g/mol. The molecule has 1 amide bonds. The molecule has 2 aromatic rings. The highest BCUT2D eigenvalue weighted by molar-refractivity contribution is 7.89. The number of hydrogen-bond acceptors (Lipinski definition) is 6. The van der Waals surface area contributed by atoms with Gasteiger partial charge in [0.15, 0.2) is 0 Å². The van der Waals surface area contributed by atoms with E-state index in [4.69, 9.17) is 0 Å². The highest BCUT2D eigenvalue weighted by Crippen LogP contribution is 2.42. The summed E-state index contributed by atoms with van der Waals surface area (Å²) in [5.74, 6) is 0.0816. The number of nitrogens with one attached hydrogen (secondary N) is 2. The summed E-state index contributed by atoms with van der Waals surface area (Å²) in [6.45, 7) is 1.75. The van der Waals surface area contributed by atoms with E-state index in [0.29, 0.717) is 22.2 Å². The van der Waals surface area contributed by atoms with Crippen molar-refractivity contribution >= 4 is 32.4 Å². The van der Waals surface area contributed by atoms with Crippen molar-refractivity contribution in [3.05, 3.63) is 34.3 Å². The first kappa shape index (κ1) is 16.0. The van der Waals surface area contributed by atoms with Crippen LogP contribution in [0.15, 0.2) is 23.1 Å². The third kappa shape index (κ3) is 3.41. The summed E-state index contributed by atoms with van der Waals surface area (Å²) in [5, 5.41) is 12.1. The Kier molecular flexibility index (Phi) is 4.17. The fourth-order valence-corrected chi connectivity index (χ4v) is 3.74. The van der Waals surface area contributed by atoms with Crippen molar-refractivity contribution in [1.29, 1.82) is 0 Å². The van der Waals surface area contributed by atoms with Crippen LogP contribution in [0.25, 0.3) is 0 Å². The molecule has 1 aliphatic rings. The number of amides is 1. The predicted octanol–water partition coefficient (Wildman–Crippen LogP) is 1.88. The number of carbonyl (C=O) groups excluding carboxylic acids is 1. The van der Waals surface area contributed by atoms with Gasteiger partial charge in [-0.15, -0.1) is 10.2 Å². The van der Waals surface area contributed by atoms with E-state index in [9.17, 15) is 13.2 Å². The maximum absolute atomic E-state index is 12.4. The SMILES string of the molecule is CNS(=O)(=O)c1ccc(C)c(C(=O)Nc2nnc(C3CC3)s2)c1. The van der Waals surface area contributed by atoms with E-state index in [-0.39, 0.29) is 4.90 Å². The maximum atomic E-state index is 12.4. The van der Waals surface area contributed by atoms with Crippen LogP contribution in [0.4, 0.5) is 5.13 Å². The summed E-state index contributed by atoms with van der Waals surface area (Å²) >= 11 is 1.36. The first-order valence-electron chi connectivity index (χ1n) is 7.09. The smallest absolute Gasteiger partial charge is 0.257 e. The molecular weight excluding hydrogens is 336 g/mol. The molecule has 1 aromatic carbocycles. The summed E-state index contributed by atoms with van der Waals surface area (Å²) in [6.07, 6.45) is 2.23. The van der Waals surface area contributed by atoms with Gasteiger partial charge in [0, 0.05) is 11.5 Å². The van der Waals surface area contributed by atoms with E-state index in [1.807, 2.05) is 0 Å². The molecule has 1 fully saturated rings. The monoisotopic (exact) mass is 352 g/mol. The summed E-state index contributed by atoms with van der Waals surface area (Å²) < 4.78 is 26.0. The number of rotatable bonds is 5. The quantitative estimate of drug-likeness (QED) is 0.856. The van der Waals surface area contributed by atoms with Gasteiger partial charge in [-0.2, -0.15) is 0 Å². The Bertz CT molecular complexity index is 857. The number of hydrogen-bond donors (Lipinski definition) is 2. The van der Waals surface area contributed by atoms with Gasteiger partial charge in [-0.3, -0.25) is 10.1 Å². The second kappa shape index (κ2) is 5.99. The third-order valence-corrected chi connectivity index (χ3v) is 6.03. The summed E-state index contributed by atoms with van der Waals surface area (Å²) in [4.78, 5) is 12.5. The fourth-order valence-electron chi connectivity index (χ4n) is 2.08. The number of carbonyl (C=O) groups is 1. The molecule has 2 N–H and O–H groups in total. The van der Waals surface area contributed by atoms with Crippen LogP contribution in [0.3, 0.4) is 0 Å². The zero-order valence-corrected chi connectivity index (χ0v) is 14.3. The van der Waals surface area contributed by atoms with Gasteiger partial charge in [-0.25, -0.2) is 13.1 Å². The predicted molar refractivity (Wildman–Crippen MR) is 87.3 cm³/mol. The lowest BCUT2D eigenvalue weighted by Crippen LogP contribution is -2.20. The first-order valence-corrected chi connectivity index (χ1v) is 9.39. The van der Waals surface area contributed by atoms with Crippen LogP contribution < -0.4 is 10.0 Å². The van der Waals surface area contributed by atoms with Gasteiger partial charge in [0.2, 0.25) is 15.2 Å². The molecule has 9 heteroatoms. The van der Waals surface area contributed by atoms with Crippen molar-refractivity contribution in [3.63, 3.8) is 0 Å². The Balaban J connectivity index is 1.84. The minimum absolute atomic E-state index is 0.0479. The molecular formula is C14H16N4O3S2. The number of anilines is 1.